The van der Waals surface area contributed by atoms with E-state index >= 15 is 0 Å². The van der Waals surface area contributed by atoms with Crippen molar-refractivity contribution in [3.8, 4) is 5.88 Å². The molecule has 0 spiro atoms. The first-order chi connectivity index (χ1) is 10.5. The highest BCUT2D eigenvalue weighted by atomic mass is 16.5. The van der Waals surface area contributed by atoms with Gasteiger partial charge in [-0.05, 0) is 6.92 Å². The van der Waals surface area contributed by atoms with Crippen LogP contribution in [-0.2, 0) is 33.6 Å². The zero-order valence-electron chi connectivity index (χ0n) is 14.2. The number of hydrogen-bond donors (Lipinski definition) is 0. The molecular formula is C18H27N3O+2. The monoisotopic (exact) mass is 301 g/mol. The summed E-state index contributed by atoms with van der Waals surface area (Å²) in [5.74, 6) is 1.04. The number of nitrogens with zero attached hydrogens (tertiary/aromatic N) is 3. The molecule has 1 aliphatic rings. The minimum absolute atomic E-state index is 0.715. The van der Waals surface area contributed by atoms with Gasteiger partial charge in [-0.1, -0.05) is 35.0 Å². The third-order valence-corrected chi connectivity index (χ3v) is 4.86. The lowest BCUT2D eigenvalue weighted by Crippen LogP contribution is -2.47. The molecule has 0 fully saturated rings. The van der Waals surface area contributed by atoms with Crippen molar-refractivity contribution in [2.24, 2.45) is 14.1 Å². The molecule has 22 heavy (non-hydrogen) atoms. The van der Waals surface area contributed by atoms with Crippen molar-refractivity contribution in [1.82, 2.24) is 4.68 Å². The first-order valence-electron chi connectivity index (χ1n) is 8.11. The molecule has 4 heteroatoms. The highest BCUT2D eigenvalue weighted by molar-refractivity contribution is 5.28. The third-order valence-electron chi connectivity index (χ3n) is 4.86. The number of quaternary nitrogens is 1. The number of fused-ring (bicyclic) bond motifs is 1. The molecule has 1 aromatic heterocycles. The van der Waals surface area contributed by atoms with Gasteiger partial charge in [0, 0.05) is 12.0 Å². The Morgan fingerprint density at radius 2 is 2.00 bits per heavy atom. The number of hydrogen-bond acceptors (Lipinski definition) is 1. The van der Waals surface area contributed by atoms with Crippen LogP contribution in [0.2, 0.25) is 0 Å². The number of aromatic nitrogens is 2. The summed E-state index contributed by atoms with van der Waals surface area (Å²) in [6.07, 6.45) is 1.11. The summed E-state index contributed by atoms with van der Waals surface area (Å²) >= 11 is 0. The maximum atomic E-state index is 5.93. The Hall–Kier alpha value is -1.81. The Balaban J connectivity index is 1.91. The molecular weight excluding hydrogens is 274 g/mol. The van der Waals surface area contributed by atoms with E-state index in [1.54, 1.807) is 0 Å². The molecule has 0 saturated carbocycles. The fourth-order valence-corrected chi connectivity index (χ4v) is 3.62. The lowest BCUT2D eigenvalue weighted by molar-refractivity contribution is -0.937. The molecule has 0 radical (unpaired) electrons. The van der Waals surface area contributed by atoms with Gasteiger partial charge in [-0.15, -0.1) is 0 Å². The van der Waals surface area contributed by atoms with Gasteiger partial charge >= 0.3 is 5.88 Å². The standard InChI is InChI=1S/C18H27N3O/c1-5-22-18-16-14-21(4,13-15-9-7-6-8-10-15)12-11-17(16)19(2)20(18)3/h6-10H,5,11-14H2,1-4H3/q+2. The molecule has 4 nitrogen and oxygen atoms in total. The molecule has 118 valence electrons. The maximum absolute atomic E-state index is 5.93. The predicted molar refractivity (Wildman–Crippen MR) is 86.4 cm³/mol. The van der Waals surface area contributed by atoms with E-state index in [0.29, 0.717) is 6.61 Å². The van der Waals surface area contributed by atoms with Crippen LogP contribution in [-0.4, -0.2) is 29.4 Å². The third kappa shape index (κ3) is 2.63. The minimum atomic E-state index is 0.715. The van der Waals surface area contributed by atoms with E-state index in [4.69, 9.17) is 4.74 Å². The Kier molecular flexibility index (Phi) is 3.96. The SMILES string of the molecule is CCOc1c2c(n(C)[n+]1C)CC[N+](C)(Cc1ccccc1)C2. The van der Waals surface area contributed by atoms with Crippen molar-refractivity contribution in [2.75, 3.05) is 20.2 Å². The van der Waals surface area contributed by atoms with E-state index in [-0.39, 0.29) is 0 Å². The Morgan fingerprint density at radius 1 is 1.27 bits per heavy atom. The van der Waals surface area contributed by atoms with Gasteiger partial charge in [-0.3, -0.25) is 0 Å². The lowest BCUT2D eigenvalue weighted by Gasteiger charge is -2.37. The van der Waals surface area contributed by atoms with Gasteiger partial charge in [0.1, 0.15) is 24.3 Å². The van der Waals surface area contributed by atoms with Gasteiger partial charge in [0.2, 0.25) is 0 Å². The molecule has 1 atom stereocenters. The summed E-state index contributed by atoms with van der Waals surface area (Å²) in [6.45, 7) is 6.05. The van der Waals surface area contributed by atoms with Crippen LogP contribution in [0.25, 0.3) is 0 Å². The number of rotatable bonds is 4. The largest absolute Gasteiger partial charge is 0.443 e. The Bertz CT molecular complexity index is 663. The Labute approximate surface area is 133 Å². The van der Waals surface area contributed by atoms with E-state index in [1.807, 2.05) is 0 Å². The zero-order valence-corrected chi connectivity index (χ0v) is 14.2. The van der Waals surface area contributed by atoms with Crippen LogP contribution >= 0.6 is 0 Å². The normalized spacial score (nSPS) is 20.7. The molecule has 1 aromatic carbocycles. The molecule has 0 amide bonds. The summed E-state index contributed by atoms with van der Waals surface area (Å²) < 4.78 is 11.4. The molecule has 0 bridgehead atoms. The van der Waals surface area contributed by atoms with Gasteiger partial charge in [0.05, 0.1) is 27.2 Å². The van der Waals surface area contributed by atoms with Crippen LogP contribution in [0.15, 0.2) is 30.3 Å². The minimum Gasteiger partial charge on any atom is -0.443 e. The molecule has 0 N–H and O–H groups in total. The van der Waals surface area contributed by atoms with Crippen molar-refractivity contribution in [3.05, 3.63) is 47.2 Å². The molecule has 0 saturated heterocycles. The second kappa shape index (κ2) is 5.76. The lowest BCUT2D eigenvalue weighted by atomic mass is 10.0. The van der Waals surface area contributed by atoms with Crippen molar-refractivity contribution < 1.29 is 13.9 Å². The summed E-state index contributed by atoms with van der Waals surface area (Å²) in [5, 5.41) is 0. The smallest absolute Gasteiger partial charge is 0.402 e. The highest BCUT2D eigenvalue weighted by Crippen LogP contribution is 2.30. The molecule has 3 rings (SSSR count). The fraction of sp³-hybridized carbons (Fsp3) is 0.500. The van der Waals surface area contributed by atoms with Crippen LogP contribution in [0.5, 0.6) is 5.88 Å². The van der Waals surface area contributed by atoms with Crippen molar-refractivity contribution in [3.63, 3.8) is 0 Å². The van der Waals surface area contributed by atoms with E-state index in [9.17, 15) is 0 Å². The quantitative estimate of drug-likeness (QED) is 0.623. The summed E-state index contributed by atoms with van der Waals surface area (Å²) in [7, 11) is 6.58. The molecule has 1 unspecified atom stereocenters. The number of likely N-dealkylation sites (N-methyl/N-ethyl adjacent to an activating group) is 1. The second-order valence-electron chi connectivity index (χ2n) is 6.61. The van der Waals surface area contributed by atoms with Crippen LogP contribution in [0, 0.1) is 0 Å². The van der Waals surface area contributed by atoms with Crippen LogP contribution in [0.3, 0.4) is 0 Å². The summed E-state index contributed by atoms with van der Waals surface area (Å²) in [6, 6.07) is 10.8. The topological polar surface area (TPSA) is 18.0 Å². The van der Waals surface area contributed by atoms with E-state index in [0.717, 1.165) is 29.9 Å². The van der Waals surface area contributed by atoms with Crippen LogP contribution in [0.1, 0.15) is 23.7 Å². The summed E-state index contributed by atoms with van der Waals surface area (Å²) in [4.78, 5) is 0. The van der Waals surface area contributed by atoms with E-state index in [2.05, 4.69) is 67.8 Å². The van der Waals surface area contributed by atoms with Gasteiger partial charge < -0.3 is 9.22 Å². The maximum Gasteiger partial charge on any atom is 0.402 e. The second-order valence-corrected chi connectivity index (χ2v) is 6.61. The van der Waals surface area contributed by atoms with Crippen molar-refractivity contribution in [2.45, 2.75) is 26.4 Å². The highest BCUT2D eigenvalue weighted by Gasteiger charge is 2.39. The first-order valence-corrected chi connectivity index (χ1v) is 8.11. The average Bonchev–Trinajstić information content (AvgIpc) is 2.73. The van der Waals surface area contributed by atoms with Crippen molar-refractivity contribution in [1.29, 1.82) is 0 Å². The van der Waals surface area contributed by atoms with Crippen molar-refractivity contribution >= 4 is 0 Å². The zero-order chi connectivity index (χ0) is 15.7. The average molecular weight is 301 g/mol. The predicted octanol–water partition coefficient (Wildman–Crippen LogP) is 1.95. The number of benzene rings is 1. The summed E-state index contributed by atoms with van der Waals surface area (Å²) in [5.41, 5.74) is 4.22. The van der Waals surface area contributed by atoms with E-state index in [1.165, 1.54) is 23.4 Å². The van der Waals surface area contributed by atoms with Crippen LogP contribution < -0.4 is 9.42 Å². The van der Waals surface area contributed by atoms with Gasteiger partial charge in [0.25, 0.3) is 0 Å². The van der Waals surface area contributed by atoms with Gasteiger partial charge in [-0.25, -0.2) is 0 Å². The van der Waals surface area contributed by atoms with Crippen LogP contribution in [0.4, 0.5) is 0 Å². The molecule has 2 heterocycles. The fourth-order valence-electron chi connectivity index (χ4n) is 3.62. The Morgan fingerprint density at radius 3 is 2.68 bits per heavy atom. The van der Waals surface area contributed by atoms with Gasteiger partial charge in [-0.2, -0.15) is 4.68 Å². The van der Waals surface area contributed by atoms with Gasteiger partial charge in [0.15, 0.2) is 7.05 Å². The molecule has 2 aromatic rings. The molecule has 1 aliphatic heterocycles. The first kappa shape index (κ1) is 15.1. The van der Waals surface area contributed by atoms with E-state index < -0.39 is 0 Å². The number of ether oxygens (including phenoxy) is 1. The molecule has 0 aliphatic carbocycles.